The van der Waals surface area contributed by atoms with Crippen LogP contribution in [0.1, 0.15) is 74.0 Å². The van der Waals surface area contributed by atoms with Crippen molar-refractivity contribution in [1.29, 1.82) is 0 Å². The number of likely N-dealkylation sites (tertiary alicyclic amines) is 1. The standard InChI is InChI=1S/C34H38F3N3/c1-4-24-16-12-17-25(5-2)31(24)33-38-32(27-18-13-19-28(22-27)34(35,36)37)30(40(33)6-3)23-39-21-11-10-20-29(39)26-14-8-7-9-15-26/h7-9,12-19,22,29H,4-6,10-11,20-21,23H2,1-3H3. The van der Waals surface area contributed by atoms with Crippen molar-refractivity contribution in [2.75, 3.05) is 6.54 Å². The Labute approximate surface area is 235 Å². The van der Waals surface area contributed by atoms with Gasteiger partial charge in [-0.25, -0.2) is 4.98 Å². The molecule has 3 nitrogen and oxygen atoms in total. The number of alkyl halides is 3. The van der Waals surface area contributed by atoms with E-state index < -0.39 is 11.7 Å². The lowest BCUT2D eigenvalue weighted by molar-refractivity contribution is -0.137. The Balaban J connectivity index is 1.70. The van der Waals surface area contributed by atoms with Crippen molar-refractivity contribution < 1.29 is 13.2 Å². The van der Waals surface area contributed by atoms with Crippen LogP contribution >= 0.6 is 0 Å². The van der Waals surface area contributed by atoms with E-state index in [2.05, 4.69) is 72.7 Å². The van der Waals surface area contributed by atoms with Gasteiger partial charge in [-0.1, -0.05) is 80.9 Å². The van der Waals surface area contributed by atoms with Crippen molar-refractivity contribution in [3.8, 4) is 22.6 Å². The Morgan fingerprint density at radius 2 is 1.55 bits per heavy atom. The Morgan fingerprint density at radius 1 is 0.850 bits per heavy atom. The fourth-order valence-corrected chi connectivity index (χ4v) is 6.21. The molecule has 0 spiro atoms. The molecule has 1 saturated heterocycles. The number of aryl methyl sites for hydroxylation is 2. The summed E-state index contributed by atoms with van der Waals surface area (Å²) in [6.45, 7) is 8.64. The van der Waals surface area contributed by atoms with E-state index in [1.54, 1.807) is 6.07 Å². The molecule has 3 aromatic carbocycles. The molecule has 0 aliphatic carbocycles. The first-order valence-corrected chi connectivity index (χ1v) is 14.5. The number of imidazole rings is 1. The predicted molar refractivity (Wildman–Crippen MR) is 156 cm³/mol. The number of aromatic nitrogens is 2. The van der Waals surface area contributed by atoms with E-state index in [0.29, 0.717) is 24.3 Å². The molecule has 1 aliphatic heterocycles. The molecule has 5 rings (SSSR count). The molecule has 1 aromatic heterocycles. The number of nitrogens with zero attached hydrogens (tertiary/aromatic N) is 3. The van der Waals surface area contributed by atoms with Crippen LogP contribution in [0.25, 0.3) is 22.6 Å². The van der Waals surface area contributed by atoms with E-state index in [0.717, 1.165) is 55.4 Å². The molecule has 0 saturated carbocycles. The lowest BCUT2D eigenvalue weighted by Gasteiger charge is -2.36. The summed E-state index contributed by atoms with van der Waals surface area (Å²) in [5, 5.41) is 0. The Morgan fingerprint density at radius 3 is 2.20 bits per heavy atom. The largest absolute Gasteiger partial charge is 0.416 e. The van der Waals surface area contributed by atoms with Crippen molar-refractivity contribution >= 4 is 0 Å². The topological polar surface area (TPSA) is 21.1 Å². The fraction of sp³-hybridized carbons (Fsp3) is 0.382. The van der Waals surface area contributed by atoms with Gasteiger partial charge < -0.3 is 4.57 Å². The Bertz CT molecular complexity index is 1420. The monoisotopic (exact) mass is 545 g/mol. The summed E-state index contributed by atoms with van der Waals surface area (Å²) in [5.74, 6) is 0.854. The second-order valence-electron chi connectivity index (χ2n) is 10.6. The van der Waals surface area contributed by atoms with Gasteiger partial charge in [0.05, 0.1) is 17.0 Å². The van der Waals surface area contributed by atoms with Crippen LogP contribution in [-0.4, -0.2) is 21.0 Å². The predicted octanol–water partition coefficient (Wildman–Crippen LogP) is 9.11. The quantitative estimate of drug-likeness (QED) is 0.220. The van der Waals surface area contributed by atoms with Gasteiger partial charge in [-0.3, -0.25) is 4.90 Å². The van der Waals surface area contributed by atoms with E-state index in [-0.39, 0.29) is 6.04 Å². The molecule has 1 aliphatic rings. The molecule has 0 bridgehead atoms. The number of halogens is 3. The molecule has 1 fully saturated rings. The Hall–Kier alpha value is -3.38. The number of rotatable bonds is 8. The van der Waals surface area contributed by atoms with Crippen LogP contribution in [0.3, 0.4) is 0 Å². The molecule has 2 heterocycles. The van der Waals surface area contributed by atoms with Crippen molar-refractivity contribution in [2.45, 2.75) is 78.2 Å². The van der Waals surface area contributed by atoms with Crippen LogP contribution in [0.4, 0.5) is 13.2 Å². The molecule has 1 unspecified atom stereocenters. The van der Waals surface area contributed by atoms with Gasteiger partial charge in [0.15, 0.2) is 0 Å². The third kappa shape index (κ3) is 5.60. The van der Waals surface area contributed by atoms with E-state index in [4.69, 9.17) is 4.98 Å². The van der Waals surface area contributed by atoms with E-state index in [1.807, 2.05) is 6.07 Å². The molecule has 40 heavy (non-hydrogen) atoms. The maximum absolute atomic E-state index is 13.8. The first-order valence-electron chi connectivity index (χ1n) is 14.5. The number of hydrogen-bond acceptors (Lipinski definition) is 2. The van der Waals surface area contributed by atoms with Gasteiger partial charge >= 0.3 is 6.18 Å². The number of piperidine rings is 1. The number of hydrogen-bond donors (Lipinski definition) is 0. The minimum absolute atomic E-state index is 0.266. The van der Waals surface area contributed by atoms with Gasteiger partial charge in [0.25, 0.3) is 0 Å². The molecule has 0 N–H and O–H groups in total. The van der Waals surface area contributed by atoms with Gasteiger partial charge in [0, 0.05) is 30.3 Å². The molecule has 4 aromatic rings. The summed E-state index contributed by atoms with van der Waals surface area (Å²) in [4.78, 5) is 7.69. The molecule has 1 atom stereocenters. The third-order valence-corrected chi connectivity index (χ3v) is 8.23. The molecular weight excluding hydrogens is 507 g/mol. The molecule has 0 amide bonds. The van der Waals surface area contributed by atoms with Crippen molar-refractivity contribution in [2.24, 2.45) is 0 Å². The highest BCUT2D eigenvalue weighted by Gasteiger charge is 2.32. The maximum Gasteiger partial charge on any atom is 0.416 e. The van der Waals surface area contributed by atoms with Crippen LogP contribution in [0.2, 0.25) is 0 Å². The van der Waals surface area contributed by atoms with Crippen LogP contribution in [0.15, 0.2) is 72.8 Å². The van der Waals surface area contributed by atoms with Gasteiger partial charge in [-0.2, -0.15) is 13.2 Å². The fourth-order valence-electron chi connectivity index (χ4n) is 6.21. The molecule has 0 radical (unpaired) electrons. The summed E-state index contributed by atoms with van der Waals surface area (Å²) < 4.78 is 43.6. The highest BCUT2D eigenvalue weighted by molar-refractivity contribution is 5.72. The lowest BCUT2D eigenvalue weighted by atomic mass is 9.94. The minimum Gasteiger partial charge on any atom is -0.327 e. The van der Waals surface area contributed by atoms with E-state index in [9.17, 15) is 13.2 Å². The van der Waals surface area contributed by atoms with Crippen molar-refractivity contribution in [1.82, 2.24) is 14.5 Å². The molecule has 6 heteroatoms. The van der Waals surface area contributed by atoms with Gasteiger partial charge in [-0.15, -0.1) is 0 Å². The summed E-state index contributed by atoms with van der Waals surface area (Å²) in [6, 6.07) is 22.9. The second-order valence-corrected chi connectivity index (χ2v) is 10.6. The summed E-state index contributed by atoms with van der Waals surface area (Å²) in [5.41, 5.74) is 6.32. The van der Waals surface area contributed by atoms with Gasteiger partial charge in [0.2, 0.25) is 0 Å². The lowest BCUT2D eigenvalue weighted by Crippen LogP contribution is -2.33. The number of benzene rings is 3. The zero-order valence-electron chi connectivity index (χ0n) is 23.6. The summed E-state index contributed by atoms with van der Waals surface area (Å²) in [7, 11) is 0. The van der Waals surface area contributed by atoms with Crippen molar-refractivity contribution in [3.63, 3.8) is 0 Å². The zero-order valence-corrected chi connectivity index (χ0v) is 23.6. The first kappa shape index (κ1) is 28.2. The first-order chi connectivity index (χ1) is 19.4. The average Bonchev–Trinajstić information content (AvgIpc) is 3.34. The minimum atomic E-state index is -4.41. The van der Waals surface area contributed by atoms with E-state index in [1.165, 1.54) is 35.2 Å². The summed E-state index contributed by atoms with van der Waals surface area (Å²) >= 11 is 0. The zero-order chi connectivity index (χ0) is 28.3. The normalized spacial score (nSPS) is 16.4. The molecule has 210 valence electrons. The highest BCUT2D eigenvalue weighted by atomic mass is 19.4. The van der Waals surface area contributed by atoms with Crippen LogP contribution in [0, 0.1) is 0 Å². The van der Waals surface area contributed by atoms with Crippen molar-refractivity contribution in [3.05, 3.63) is 101 Å². The summed E-state index contributed by atoms with van der Waals surface area (Å²) in [6.07, 6.45) is 0.634. The van der Waals surface area contributed by atoms with Crippen LogP contribution < -0.4 is 0 Å². The van der Waals surface area contributed by atoms with Crippen LogP contribution in [0.5, 0.6) is 0 Å². The maximum atomic E-state index is 13.8. The SMILES string of the molecule is CCc1cccc(CC)c1-c1nc(-c2cccc(C(F)(F)F)c2)c(CN2CCCCC2c2ccccc2)n1CC. The smallest absolute Gasteiger partial charge is 0.327 e. The second kappa shape index (κ2) is 12.0. The van der Waals surface area contributed by atoms with E-state index >= 15 is 0 Å². The molecular formula is C34H38F3N3. The average molecular weight is 546 g/mol. The van der Waals surface area contributed by atoms with Gasteiger partial charge in [-0.05, 0) is 68.0 Å². The highest BCUT2D eigenvalue weighted by Crippen LogP contribution is 2.39. The van der Waals surface area contributed by atoms with Gasteiger partial charge in [0.1, 0.15) is 5.82 Å². The third-order valence-electron chi connectivity index (χ3n) is 8.23. The van der Waals surface area contributed by atoms with Crippen LogP contribution in [-0.2, 0) is 32.1 Å². The Kier molecular flexibility index (Phi) is 8.46.